The highest BCUT2D eigenvalue weighted by atomic mass is 16.5. The normalized spacial score (nSPS) is 22.3. The molecule has 2 atom stereocenters. The Labute approximate surface area is 125 Å². The molecule has 0 aliphatic carbocycles. The first-order chi connectivity index (χ1) is 10.1. The van der Waals surface area contributed by atoms with Gasteiger partial charge in [0.05, 0.1) is 0 Å². The maximum absolute atomic E-state index is 12.4. The number of ether oxygens (including phenoxy) is 1. The predicted octanol–water partition coefficient (Wildman–Crippen LogP) is 1.50. The Morgan fingerprint density at radius 2 is 1.90 bits per heavy atom. The van der Waals surface area contributed by atoms with Crippen LogP contribution in [0.5, 0.6) is 0 Å². The first-order valence-corrected chi connectivity index (χ1v) is 7.30. The minimum Gasteiger partial charge on any atom is -0.385 e. The van der Waals surface area contributed by atoms with Gasteiger partial charge in [0.15, 0.2) is 0 Å². The van der Waals surface area contributed by atoms with Crippen molar-refractivity contribution in [1.29, 1.82) is 0 Å². The molecule has 1 heterocycles. The Balaban J connectivity index is 2.16. The van der Waals surface area contributed by atoms with Gasteiger partial charge in [-0.25, -0.2) is 0 Å². The van der Waals surface area contributed by atoms with Crippen molar-refractivity contribution in [3.8, 4) is 0 Å². The zero-order chi connectivity index (χ0) is 15.2. The van der Waals surface area contributed by atoms with Gasteiger partial charge in [0.2, 0.25) is 11.8 Å². The largest absolute Gasteiger partial charge is 0.385 e. The summed E-state index contributed by atoms with van der Waals surface area (Å²) in [6.45, 7) is 2.96. The predicted molar refractivity (Wildman–Crippen MR) is 79.6 cm³/mol. The molecule has 0 radical (unpaired) electrons. The summed E-state index contributed by atoms with van der Waals surface area (Å²) in [5, 5.41) is 2.75. The van der Waals surface area contributed by atoms with E-state index in [0.717, 1.165) is 18.4 Å². The SMILES string of the molecule is COCCCCN1C(=O)C(C)NC(=O)C1c1ccccc1. The molecular formula is C16H22N2O3. The maximum atomic E-state index is 12.4. The lowest BCUT2D eigenvalue weighted by Crippen LogP contribution is -2.58. The highest BCUT2D eigenvalue weighted by Crippen LogP contribution is 2.25. The second-order valence-corrected chi connectivity index (χ2v) is 5.28. The molecule has 0 bridgehead atoms. The number of rotatable bonds is 6. The van der Waals surface area contributed by atoms with Gasteiger partial charge >= 0.3 is 0 Å². The van der Waals surface area contributed by atoms with Gasteiger partial charge in [-0.05, 0) is 25.3 Å². The molecule has 2 amide bonds. The minimum atomic E-state index is -0.530. The Morgan fingerprint density at radius 3 is 2.57 bits per heavy atom. The van der Waals surface area contributed by atoms with Crippen molar-refractivity contribution in [2.45, 2.75) is 31.8 Å². The zero-order valence-electron chi connectivity index (χ0n) is 12.5. The lowest BCUT2D eigenvalue weighted by molar-refractivity contribution is -0.149. The van der Waals surface area contributed by atoms with Crippen molar-refractivity contribution in [3.63, 3.8) is 0 Å². The lowest BCUT2D eigenvalue weighted by Gasteiger charge is -2.38. The molecule has 2 unspecified atom stereocenters. The number of carbonyl (C=O) groups is 2. The molecule has 21 heavy (non-hydrogen) atoms. The van der Waals surface area contributed by atoms with Crippen molar-refractivity contribution >= 4 is 11.8 Å². The third kappa shape index (κ3) is 3.61. The van der Waals surface area contributed by atoms with Crippen LogP contribution >= 0.6 is 0 Å². The summed E-state index contributed by atoms with van der Waals surface area (Å²) in [6.07, 6.45) is 1.70. The molecule has 1 saturated heterocycles. The molecule has 1 fully saturated rings. The van der Waals surface area contributed by atoms with Gasteiger partial charge in [0.1, 0.15) is 12.1 Å². The maximum Gasteiger partial charge on any atom is 0.248 e. The fraction of sp³-hybridized carbons (Fsp3) is 0.500. The molecule has 0 saturated carbocycles. The number of nitrogens with zero attached hydrogens (tertiary/aromatic N) is 1. The van der Waals surface area contributed by atoms with E-state index in [2.05, 4.69) is 5.32 Å². The van der Waals surface area contributed by atoms with E-state index in [1.54, 1.807) is 18.9 Å². The molecule has 1 aromatic carbocycles. The van der Waals surface area contributed by atoms with Gasteiger partial charge in [-0.1, -0.05) is 30.3 Å². The first kappa shape index (κ1) is 15.5. The zero-order valence-corrected chi connectivity index (χ0v) is 12.5. The van der Waals surface area contributed by atoms with Crippen LogP contribution in [0, 0.1) is 0 Å². The Bertz CT molecular complexity index is 490. The van der Waals surface area contributed by atoms with E-state index in [0.29, 0.717) is 13.2 Å². The summed E-state index contributed by atoms with van der Waals surface area (Å²) in [7, 11) is 1.66. The molecular weight excluding hydrogens is 268 g/mol. The number of carbonyl (C=O) groups excluding carboxylic acids is 2. The highest BCUT2D eigenvalue weighted by molar-refractivity contribution is 5.97. The van der Waals surface area contributed by atoms with Gasteiger partial charge in [0.25, 0.3) is 0 Å². The smallest absolute Gasteiger partial charge is 0.248 e. The van der Waals surface area contributed by atoms with Crippen LogP contribution in [0.4, 0.5) is 0 Å². The molecule has 0 aromatic heterocycles. The number of nitrogens with one attached hydrogen (secondary N) is 1. The Hall–Kier alpha value is -1.88. The molecule has 5 nitrogen and oxygen atoms in total. The fourth-order valence-corrected chi connectivity index (χ4v) is 2.61. The van der Waals surface area contributed by atoms with Crippen molar-refractivity contribution in [3.05, 3.63) is 35.9 Å². The van der Waals surface area contributed by atoms with Gasteiger partial charge in [-0.3, -0.25) is 9.59 Å². The summed E-state index contributed by atoms with van der Waals surface area (Å²) in [4.78, 5) is 26.4. The van der Waals surface area contributed by atoms with Gasteiger partial charge < -0.3 is 15.0 Å². The monoisotopic (exact) mass is 290 g/mol. The third-order valence-electron chi connectivity index (χ3n) is 3.69. The van der Waals surface area contributed by atoms with E-state index in [9.17, 15) is 9.59 Å². The number of unbranched alkanes of at least 4 members (excludes halogenated alkanes) is 1. The van der Waals surface area contributed by atoms with Crippen LogP contribution in [0.1, 0.15) is 31.4 Å². The van der Waals surface area contributed by atoms with Crippen LogP contribution in [0.25, 0.3) is 0 Å². The molecule has 1 aliphatic heterocycles. The number of hydrogen-bond donors (Lipinski definition) is 1. The fourth-order valence-electron chi connectivity index (χ4n) is 2.61. The van der Waals surface area contributed by atoms with Crippen LogP contribution in [0.15, 0.2) is 30.3 Å². The summed E-state index contributed by atoms with van der Waals surface area (Å²) < 4.78 is 5.03. The Morgan fingerprint density at radius 1 is 1.19 bits per heavy atom. The van der Waals surface area contributed by atoms with Crippen molar-refractivity contribution in [2.24, 2.45) is 0 Å². The standard InChI is InChI=1S/C16H22N2O3/c1-12-16(20)18(10-6-7-11-21-2)14(15(19)17-12)13-8-4-3-5-9-13/h3-5,8-9,12,14H,6-7,10-11H2,1-2H3,(H,17,19). The lowest BCUT2D eigenvalue weighted by atomic mass is 9.99. The molecule has 1 aromatic rings. The van der Waals surface area contributed by atoms with Crippen LogP contribution < -0.4 is 5.32 Å². The van der Waals surface area contributed by atoms with E-state index >= 15 is 0 Å². The van der Waals surface area contributed by atoms with Gasteiger partial charge in [-0.15, -0.1) is 0 Å². The summed E-state index contributed by atoms with van der Waals surface area (Å²) in [5.74, 6) is -0.138. The second-order valence-electron chi connectivity index (χ2n) is 5.28. The highest BCUT2D eigenvalue weighted by Gasteiger charge is 2.38. The number of benzene rings is 1. The van der Waals surface area contributed by atoms with E-state index in [1.165, 1.54) is 0 Å². The quantitative estimate of drug-likeness (QED) is 0.808. The van der Waals surface area contributed by atoms with Crippen molar-refractivity contribution in [1.82, 2.24) is 10.2 Å². The van der Waals surface area contributed by atoms with E-state index in [-0.39, 0.29) is 11.8 Å². The summed E-state index contributed by atoms with van der Waals surface area (Å²) in [6, 6.07) is 8.45. The van der Waals surface area contributed by atoms with Crippen molar-refractivity contribution in [2.75, 3.05) is 20.3 Å². The second kappa shape index (κ2) is 7.22. The van der Waals surface area contributed by atoms with Gasteiger partial charge in [0, 0.05) is 20.3 Å². The average Bonchev–Trinajstić information content (AvgIpc) is 2.49. The molecule has 1 aliphatic rings. The van der Waals surface area contributed by atoms with E-state index < -0.39 is 12.1 Å². The van der Waals surface area contributed by atoms with Crippen molar-refractivity contribution < 1.29 is 14.3 Å². The molecule has 2 rings (SSSR count). The summed E-state index contributed by atoms with van der Waals surface area (Å²) >= 11 is 0. The molecule has 5 heteroatoms. The number of methoxy groups -OCH3 is 1. The topological polar surface area (TPSA) is 58.6 Å². The Kier molecular flexibility index (Phi) is 5.33. The molecule has 0 spiro atoms. The number of piperazine rings is 1. The molecule has 1 N–H and O–H groups in total. The van der Waals surface area contributed by atoms with E-state index in [4.69, 9.17) is 4.74 Å². The number of amides is 2. The average molecular weight is 290 g/mol. The van der Waals surface area contributed by atoms with Crippen LogP contribution in [-0.4, -0.2) is 43.0 Å². The third-order valence-corrected chi connectivity index (χ3v) is 3.69. The minimum absolute atomic E-state index is 0.0270. The number of hydrogen-bond acceptors (Lipinski definition) is 3. The molecule has 114 valence electrons. The first-order valence-electron chi connectivity index (χ1n) is 7.30. The summed E-state index contributed by atoms with van der Waals surface area (Å²) in [5.41, 5.74) is 0.849. The van der Waals surface area contributed by atoms with Crippen LogP contribution in [0.2, 0.25) is 0 Å². The van der Waals surface area contributed by atoms with E-state index in [1.807, 2.05) is 30.3 Å². The van der Waals surface area contributed by atoms with Gasteiger partial charge in [-0.2, -0.15) is 0 Å². The van der Waals surface area contributed by atoms with Crippen LogP contribution in [0.3, 0.4) is 0 Å². The van der Waals surface area contributed by atoms with Crippen LogP contribution in [-0.2, 0) is 14.3 Å².